The van der Waals surface area contributed by atoms with Gasteiger partial charge in [0.1, 0.15) is 17.1 Å². The van der Waals surface area contributed by atoms with E-state index in [1.165, 1.54) is 0 Å². The summed E-state index contributed by atoms with van der Waals surface area (Å²) in [5, 5.41) is 0. The van der Waals surface area contributed by atoms with Gasteiger partial charge in [0.2, 0.25) is 10.0 Å². The predicted octanol–water partition coefficient (Wildman–Crippen LogP) is 3.58. The molecule has 0 unspecified atom stereocenters. The number of ether oxygens (including phenoxy) is 1. The number of sulfonamides is 1. The number of pyridine rings is 1. The Kier molecular flexibility index (Phi) is 5.75. The number of fused-ring (bicyclic) bond motifs is 1. The summed E-state index contributed by atoms with van der Waals surface area (Å²) in [5.41, 5.74) is 4.14. The van der Waals surface area contributed by atoms with Gasteiger partial charge in [-0.15, -0.1) is 0 Å². The molecule has 0 radical (unpaired) electrons. The highest BCUT2D eigenvalue weighted by atomic mass is 32.2. The molecule has 8 heteroatoms. The first-order valence-corrected chi connectivity index (χ1v) is 11.4. The minimum absolute atomic E-state index is 0.0516. The Balaban J connectivity index is 1.66. The summed E-state index contributed by atoms with van der Waals surface area (Å²) in [5.74, 6) is 1.34. The molecule has 0 atom stereocenters. The third kappa shape index (κ3) is 4.45. The Morgan fingerprint density at radius 3 is 2.68 bits per heavy atom. The van der Waals surface area contributed by atoms with E-state index in [0.29, 0.717) is 29.1 Å². The maximum atomic E-state index is 12.9. The number of nitrogens with one attached hydrogen (secondary N) is 1. The van der Waals surface area contributed by atoms with Crippen molar-refractivity contribution >= 4 is 21.2 Å². The second-order valence-electron chi connectivity index (χ2n) is 7.41. The minimum atomic E-state index is -3.69. The first-order chi connectivity index (χ1) is 14.9. The van der Waals surface area contributed by atoms with E-state index in [1.54, 1.807) is 32.4 Å². The quantitative estimate of drug-likeness (QED) is 0.479. The lowest BCUT2D eigenvalue weighted by atomic mass is 10.2. The third-order valence-corrected chi connectivity index (χ3v) is 6.66. The van der Waals surface area contributed by atoms with Gasteiger partial charge in [0, 0.05) is 6.20 Å². The lowest BCUT2D eigenvalue weighted by molar-refractivity contribution is 0.414. The van der Waals surface area contributed by atoms with Gasteiger partial charge >= 0.3 is 0 Å². The second-order valence-corrected chi connectivity index (χ2v) is 9.14. The summed E-state index contributed by atoms with van der Waals surface area (Å²) in [7, 11) is -2.06. The molecule has 31 heavy (non-hydrogen) atoms. The van der Waals surface area contributed by atoms with Crippen molar-refractivity contribution in [2.24, 2.45) is 0 Å². The molecule has 1 N–H and O–H groups in total. The van der Waals surface area contributed by atoms with Crippen LogP contribution in [0, 0.1) is 13.8 Å². The number of benzene rings is 2. The molecule has 0 bridgehead atoms. The highest BCUT2D eigenvalue weighted by Crippen LogP contribution is 2.20. The van der Waals surface area contributed by atoms with E-state index < -0.39 is 10.0 Å². The Hall–Kier alpha value is -3.23. The molecule has 2 aromatic heterocycles. The van der Waals surface area contributed by atoms with Crippen molar-refractivity contribution in [1.82, 2.24) is 19.3 Å². The van der Waals surface area contributed by atoms with Gasteiger partial charge in [0.25, 0.3) is 0 Å². The number of hydrogen-bond acceptors (Lipinski definition) is 5. The average Bonchev–Trinajstić information content (AvgIpc) is 3.10. The molecule has 0 saturated carbocycles. The predicted molar refractivity (Wildman–Crippen MR) is 120 cm³/mol. The van der Waals surface area contributed by atoms with E-state index in [9.17, 15) is 8.42 Å². The van der Waals surface area contributed by atoms with E-state index in [2.05, 4.69) is 14.7 Å². The molecule has 0 spiro atoms. The third-order valence-electron chi connectivity index (χ3n) is 5.10. The highest BCUT2D eigenvalue weighted by molar-refractivity contribution is 7.89. The highest BCUT2D eigenvalue weighted by Gasteiger charge is 2.19. The molecule has 2 heterocycles. The molecule has 0 aliphatic heterocycles. The van der Waals surface area contributed by atoms with Gasteiger partial charge < -0.3 is 9.30 Å². The van der Waals surface area contributed by atoms with Crippen molar-refractivity contribution in [3.05, 3.63) is 83.3 Å². The molecular formula is C23H24N4O3S. The number of methoxy groups -OCH3 is 1. The molecule has 0 fully saturated rings. The second kappa shape index (κ2) is 8.49. The molecular weight excluding hydrogens is 412 g/mol. The zero-order valence-corrected chi connectivity index (χ0v) is 18.5. The zero-order valence-electron chi connectivity index (χ0n) is 17.7. The van der Waals surface area contributed by atoms with E-state index >= 15 is 0 Å². The topological polar surface area (TPSA) is 86.1 Å². The van der Waals surface area contributed by atoms with Gasteiger partial charge in [-0.1, -0.05) is 29.8 Å². The molecule has 0 amide bonds. The number of aromatic nitrogens is 3. The molecule has 4 aromatic rings. The SMILES string of the molecule is COc1cccc(Cn2c(CNS(=O)(=O)c3ccc(C)cc3C)nc3cccnc32)c1. The Morgan fingerprint density at radius 2 is 1.90 bits per heavy atom. The molecule has 0 saturated heterocycles. The maximum Gasteiger partial charge on any atom is 0.241 e. The summed E-state index contributed by atoms with van der Waals surface area (Å²) < 4.78 is 35.8. The van der Waals surface area contributed by atoms with Crippen LogP contribution in [0.25, 0.3) is 11.2 Å². The summed E-state index contributed by atoms with van der Waals surface area (Å²) in [6.45, 7) is 4.27. The van der Waals surface area contributed by atoms with Gasteiger partial charge in [0.15, 0.2) is 5.65 Å². The fourth-order valence-electron chi connectivity index (χ4n) is 3.60. The van der Waals surface area contributed by atoms with Gasteiger partial charge in [0.05, 0.1) is 25.1 Å². The van der Waals surface area contributed by atoms with Crippen molar-refractivity contribution in [3.8, 4) is 5.75 Å². The molecule has 2 aromatic carbocycles. The van der Waals surface area contributed by atoms with Crippen LogP contribution >= 0.6 is 0 Å². The van der Waals surface area contributed by atoms with Crippen molar-refractivity contribution in [2.75, 3.05) is 7.11 Å². The Labute approximate surface area is 181 Å². The van der Waals surface area contributed by atoms with Gasteiger partial charge in [-0.3, -0.25) is 0 Å². The van der Waals surface area contributed by atoms with Crippen LogP contribution in [0.1, 0.15) is 22.5 Å². The van der Waals surface area contributed by atoms with Crippen LogP contribution in [0.5, 0.6) is 5.75 Å². The first-order valence-electron chi connectivity index (χ1n) is 9.87. The zero-order chi connectivity index (χ0) is 22.0. The molecule has 160 valence electrons. The number of aryl methyl sites for hydroxylation is 2. The van der Waals surface area contributed by atoms with Crippen molar-refractivity contribution in [2.45, 2.75) is 31.8 Å². The number of nitrogens with zero attached hydrogens (tertiary/aromatic N) is 3. The van der Waals surface area contributed by atoms with Crippen molar-refractivity contribution < 1.29 is 13.2 Å². The van der Waals surface area contributed by atoms with E-state index in [1.807, 2.05) is 54.0 Å². The average molecular weight is 437 g/mol. The van der Waals surface area contributed by atoms with Crippen LogP contribution in [0.2, 0.25) is 0 Å². The normalized spacial score (nSPS) is 11.7. The monoisotopic (exact) mass is 436 g/mol. The van der Waals surface area contributed by atoms with Crippen molar-refractivity contribution in [3.63, 3.8) is 0 Å². The van der Waals surface area contributed by atoms with Crippen LogP contribution < -0.4 is 9.46 Å². The first kappa shape index (κ1) is 21.0. The largest absolute Gasteiger partial charge is 0.497 e. The van der Waals surface area contributed by atoms with E-state index in [0.717, 1.165) is 16.9 Å². The van der Waals surface area contributed by atoms with Crippen LogP contribution in [-0.2, 0) is 23.1 Å². The Bertz CT molecular complexity index is 1350. The van der Waals surface area contributed by atoms with Gasteiger partial charge in [-0.2, -0.15) is 0 Å². The molecule has 0 aliphatic carbocycles. The summed E-state index contributed by atoms with van der Waals surface area (Å²) in [6.07, 6.45) is 1.70. The summed E-state index contributed by atoms with van der Waals surface area (Å²) in [4.78, 5) is 9.36. The Morgan fingerprint density at radius 1 is 1.06 bits per heavy atom. The van der Waals surface area contributed by atoms with E-state index in [-0.39, 0.29) is 11.4 Å². The summed E-state index contributed by atoms with van der Waals surface area (Å²) in [6, 6.07) is 16.7. The van der Waals surface area contributed by atoms with Crippen LogP contribution in [0.3, 0.4) is 0 Å². The van der Waals surface area contributed by atoms with Crippen LogP contribution in [-0.4, -0.2) is 30.1 Å². The van der Waals surface area contributed by atoms with Gasteiger partial charge in [-0.25, -0.2) is 23.1 Å². The van der Waals surface area contributed by atoms with Crippen LogP contribution in [0.15, 0.2) is 65.7 Å². The lowest BCUT2D eigenvalue weighted by Crippen LogP contribution is -2.26. The van der Waals surface area contributed by atoms with Gasteiger partial charge in [-0.05, 0) is 55.3 Å². The molecule has 7 nitrogen and oxygen atoms in total. The fraction of sp³-hybridized carbons (Fsp3) is 0.217. The number of rotatable bonds is 7. The van der Waals surface area contributed by atoms with E-state index in [4.69, 9.17) is 4.74 Å². The fourth-order valence-corrected chi connectivity index (χ4v) is 4.80. The number of hydrogen-bond donors (Lipinski definition) is 1. The molecule has 4 rings (SSSR count). The minimum Gasteiger partial charge on any atom is -0.497 e. The smallest absolute Gasteiger partial charge is 0.241 e. The maximum absolute atomic E-state index is 12.9. The summed E-state index contributed by atoms with van der Waals surface area (Å²) >= 11 is 0. The number of imidazole rings is 1. The standard InChI is InChI=1S/C23H24N4O3S/c1-16-9-10-21(17(2)12-16)31(28,29)25-14-22-26-20-8-5-11-24-23(20)27(22)15-18-6-4-7-19(13-18)30-3/h4-13,25H,14-15H2,1-3H3. The lowest BCUT2D eigenvalue weighted by Gasteiger charge is -2.12. The van der Waals surface area contributed by atoms with Crippen LogP contribution in [0.4, 0.5) is 0 Å². The molecule has 0 aliphatic rings. The van der Waals surface area contributed by atoms with Crippen molar-refractivity contribution in [1.29, 1.82) is 0 Å².